The molecule has 4 aromatic rings. The van der Waals surface area contributed by atoms with Crippen LogP contribution in [-0.2, 0) is 0 Å². The molecule has 0 atom stereocenters. The number of rotatable bonds is 6. The van der Waals surface area contributed by atoms with E-state index in [2.05, 4.69) is 71.7 Å². The van der Waals surface area contributed by atoms with E-state index in [9.17, 15) is 0 Å². The van der Waals surface area contributed by atoms with Gasteiger partial charge in [-0.1, -0.05) is 66.0 Å². The Labute approximate surface area is 174 Å². The minimum absolute atomic E-state index is 0.844. The van der Waals surface area contributed by atoms with E-state index in [0.29, 0.717) is 0 Å². The average molecular weight is 402 g/mol. The molecule has 1 heterocycles. The first kappa shape index (κ1) is 18.7. The summed E-state index contributed by atoms with van der Waals surface area (Å²) in [6, 6.07) is 31.0. The molecular formula is C24H19NOS2. The van der Waals surface area contributed by atoms with Crippen LogP contribution in [0.15, 0.2) is 117 Å². The molecule has 0 aliphatic rings. The highest BCUT2D eigenvalue weighted by atomic mass is 32.2. The van der Waals surface area contributed by atoms with Crippen molar-refractivity contribution in [2.24, 2.45) is 0 Å². The van der Waals surface area contributed by atoms with Gasteiger partial charge in [0.25, 0.3) is 0 Å². The van der Waals surface area contributed by atoms with Crippen LogP contribution in [-0.4, -0.2) is 12.1 Å². The minimum Gasteiger partial charge on any atom is -0.497 e. The van der Waals surface area contributed by atoms with Crippen molar-refractivity contribution < 1.29 is 4.74 Å². The van der Waals surface area contributed by atoms with E-state index in [1.54, 1.807) is 30.6 Å². The van der Waals surface area contributed by atoms with Crippen LogP contribution in [0.4, 0.5) is 0 Å². The molecule has 3 aromatic carbocycles. The molecule has 0 amide bonds. The highest BCUT2D eigenvalue weighted by Crippen LogP contribution is 2.45. The molecule has 0 aliphatic heterocycles. The number of nitrogens with zero attached hydrogens (tertiary/aromatic N) is 1. The topological polar surface area (TPSA) is 22.1 Å². The van der Waals surface area contributed by atoms with E-state index in [1.807, 2.05) is 30.5 Å². The molecule has 4 heteroatoms. The Balaban J connectivity index is 1.86. The number of pyridine rings is 1. The van der Waals surface area contributed by atoms with Gasteiger partial charge in [0.2, 0.25) is 0 Å². The lowest BCUT2D eigenvalue weighted by Crippen LogP contribution is -1.93. The summed E-state index contributed by atoms with van der Waals surface area (Å²) in [7, 11) is 1.71. The van der Waals surface area contributed by atoms with Gasteiger partial charge >= 0.3 is 0 Å². The number of hydrogen-bond donors (Lipinski definition) is 0. The summed E-state index contributed by atoms with van der Waals surface area (Å²) in [5.74, 6) is 0.844. The van der Waals surface area contributed by atoms with Gasteiger partial charge < -0.3 is 4.74 Å². The summed E-state index contributed by atoms with van der Waals surface area (Å²) in [6.07, 6.45) is 1.84. The molecule has 2 nitrogen and oxygen atoms in total. The zero-order valence-electron chi connectivity index (χ0n) is 15.4. The summed E-state index contributed by atoms with van der Waals surface area (Å²) < 4.78 is 5.61. The summed E-state index contributed by atoms with van der Waals surface area (Å²) in [5.41, 5.74) is 2.09. The molecule has 4 rings (SSSR count). The lowest BCUT2D eigenvalue weighted by Gasteiger charge is -2.16. The maximum atomic E-state index is 5.61. The zero-order chi connectivity index (χ0) is 19.2. The van der Waals surface area contributed by atoms with Crippen molar-refractivity contribution >= 4 is 23.5 Å². The number of hydrogen-bond acceptors (Lipinski definition) is 4. The van der Waals surface area contributed by atoms with Crippen LogP contribution in [0.2, 0.25) is 0 Å². The fourth-order valence-electron chi connectivity index (χ4n) is 2.84. The van der Waals surface area contributed by atoms with Gasteiger partial charge in [-0.05, 0) is 48.5 Å². The predicted molar refractivity (Wildman–Crippen MR) is 117 cm³/mol. The molecule has 0 aliphatic carbocycles. The molecule has 0 unspecified atom stereocenters. The number of benzene rings is 3. The van der Waals surface area contributed by atoms with Crippen molar-refractivity contribution in [3.05, 3.63) is 97.2 Å². The SMILES string of the molecule is COc1cc(Sc2ccccc2)c(-c2ccccn2)c(Sc2ccccc2)c1. The highest BCUT2D eigenvalue weighted by molar-refractivity contribution is 8.00. The fourth-order valence-corrected chi connectivity index (χ4v) is 4.98. The first-order valence-corrected chi connectivity index (χ1v) is 10.6. The molecule has 0 spiro atoms. The van der Waals surface area contributed by atoms with Crippen molar-refractivity contribution in [2.75, 3.05) is 7.11 Å². The molecular weight excluding hydrogens is 382 g/mol. The third-order valence-corrected chi connectivity index (χ3v) is 6.24. The van der Waals surface area contributed by atoms with E-state index >= 15 is 0 Å². The molecule has 1 aromatic heterocycles. The van der Waals surface area contributed by atoms with E-state index < -0.39 is 0 Å². The first-order valence-electron chi connectivity index (χ1n) is 8.93. The van der Waals surface area contributed by atoms with E-state index in [-0.39, 0.29) is 0 Å². The number of aromatic nitrogens is 1. The summed E-state index contributed by atoms with van der Waals surface area (Å²) in [4.78, 5) is 9.26. The van der Waals surface area contributed by atoms with Gasteiger partial charge in [-0.25, -0.2) is 0 Å². The standard InChI is InChI=1S/C24H19NOS2/c1-26-18-16-22(27-19-10-4-2-5-11-19)24(21-14-8-9-15-25-21)23(17-18)28-20-12-6-3-7-13-20/h2-17H,1H3. The van der Waals surface area contributed by atoms with Crippen LogP contribution in [0.3, 0.4) is 0 Å². The third-order valence-electron chi connectivity index (χ3n) is 4.14. The van der Waals surface area contributed by atoms with Crippen molar-refractivity contribution in [1.29, 1.82) is 0 Å². The molecule has 0 saturated carbocycles. The van der Waals surface area contributed by atoms with Gasteiger partial charge in [-0.3, -0.25) is 4.98 Å². The smallest absolute Gasteiger partial charge is 0.121 e. The zero-order valence-corrected chi connectivity index (χ0v) is 17.0. The van der Waals surface area contributed by atoms with E-state index in [4.69, 9.17) is 4.74 Å². The summed E-state index contributed by atoms with van der Waals surface area (Å²) >= 11 is 3.46. The van der Waals surface area contributed by atoms with Gasteiger partial charge in [0.1, 0.15) is 5.75 Å². The van der Waals surface area contributed by atoms with Gasteiger partial charge in [0.15, 0.2) is 0 Å². The maximum absolute atomic E-state index is 5.61. The fraction of sp³-hybridized carbons (Fsp3) is 0.0417. The predicted octanol–water partition coefficient (Wildman–Crippen LogP) is 7.06. The quantitative estimate of drug-likeness (QED) is 0.345. The summed E-state index contributed by atoms with van der Waals surface area (Å²) in [5, 5.41) is 0. The van der Waals surface area contributed by atoms with E-state index in [0.717, 1.165) is 26.8 Å². The first-order chi connectivity index (χ1) is 13.8. The van der Waals surface area contributed by atoms with Crippen LogP contribution in [0, 0.1) is 0 Å². The van der Waals surface area contributed by atoms with Gasteiger partial charge in [0, 0.05) is 31.3 Å². The Hall–Kier alpha value is -2.69. The molecule has 0 bridgehead atoms. The second-order valence-electron chi connectivity index (χ2n) is 6.04. The van der Waals surface area contributed by atoms with Crippen molar-refractivity contribution in [3.63, 3.8) is 0 Å². The van der Waals surface area contributed by atoms with Crippen molar-refractivity contribution in [3.8, 4) is 17.0 Å². The largest absolute Gasteiger partial charge is 0.497 e. The molecule has 0 fully saturated rings. The monoisotopic (exact) mass is 401 g/mol. The Morgan fingerprint density at radius 3 is 1.68 bits per heavy atom. The lowest BCUT2D eigenvalue weighted by molar-refractivity contribution is 0.412. The lowest BCUT2D eigenvalue weighted by atomic mass is 10.1. The van der Waals surface area contributed by atoms with E-state index in [1.165, 1.54) is 9.79 Å². The Kier molecular flexibility index (Phi) is 6.00. The summed E-state index contributed by atoms with van der Waals surface area (Å²) in [6.45, 7) is 0. The molecule has 0 N–H and O–H groups in total. The average Bonchev–Trinajstić information content (AvgIpc) is 2.75. The Morgan fingerprint density at radius 1 is 0.679 bits per heavy atom. The maximum Gasteiger partial charge on any atom is 0.121 e. The van der Waals surface area contributed by atoms with Crippen LogP contribution in [0.1, 0.15) is 0 Å². The van der Waals surface area contributed by atoms with Crippen LogP contribution >= 0.6 is 23.5 Å². The third kappa shape index (κ3) is 4.41. The normalized spacial score (nSPS) is 10.6. The second-order valence-corrected chi connectivity index (χ2v) is 8.27. The number of ether oxygens (including phenoxy) is 1. The Bertz CT molecular complexity index is 975. The van der Waals surface area contributed by atoms with Crippen molar-refractivity contribution in [1.82, 2.24) is 4.98 Å². The molecule has 0 radical (unpaired) electrons. The van der Waals surface area contributed by atoms with Gasteiger partial charge in [0.05, 0.1) is 12.8 Å². The second kappa shape index (κ2) is 9.00. The molecule has 28 heavy (non-hydrogen) atoms. The van der Waals surface area contributed by atoms with Crippen LogP contribution in [0.5, 0.6) is 5.75 Å². The van der Waals surface area contributed by atoms with Crippen LogP contribution < -0.4 is 4.74 Å². The minimum atomic E-state index is 0.844. The van der Waals surface area contributed by atoms with Crippen molar-refractivity contribution in [2.45, 2.75) is 19.6 Å². The molecule has 138 valence electrons. The van der Waals surface area contributed by atoms with Gasteiger partial charge in [-0.2, -0.15) is 0 Å². The highest BCUT2D eigenvalue weighted by Gasteiger charge is 2.17. The Morgan fingerprint density at radius 2 is 1.21 bits per heavy atom. The van der Waals surface area contributed by atoms with Gasteiger partial charge in [-0.15, -0.1) is 0 Å². The van der Waals surface area contributed by atoms with Crippen LogP contribution in [0.25, 0.3) is 11.3 Å². The number of methoxy groups -OCH3 is 1. The molecule has 0 saturated heterocycles.